The molecular formula is C23H35O4S4Si2. The van der Waals surface area contributed by atoms with Crippen molar-refractivity contribution in [2.24, 2.45) is 0 Å². The first-order valence-electron chi connectivity index (χ1n) is 11.1. The number of benzene rings is 2. The van der Waals surface area contributed by atoms with Gasteiger partial charge in [0.2, 0.25) is 0 Å². The highest BCUT2D eigenvalue weighted by atomic mass is 33.7. The second-order valence-electron chi connectivity index (χ2n) is 7.53. The molecule has 0 aromatic heterocycles. The topological polar surface area (TPSA) is 36.9 Å². The van der Waals surface area contributed by atoms with Gasteiger partial charge in [0.05, 0.1) is 12.7 Å². The summed E-state index contributed by atoms with van der Waals surface area (Å²) < 4.78 is 24.2. The fraction of sp³-hybridized carbons (Fsp3) is 0.478. The van der Waals surface area contributed by atoms with Crippen LogP contribution in [0.1, 0.15) is 25.3 Å². The van der Waals surface area contributed by atoms with Gasteiger partial charge in [0.1, 0.15) is 0 Å². The third kappa shape index (κ3) is 11.1. The van der Waals surface area contributed by atoms with Crippen molar-refractivity contribution in [2.75, 3.05) is 27.4 Å². The van der Waals surface area contributed by atoms with Crippen molar-refractivity contribution in [3.8, 4) is 0 Å². The van der Waals surface area contributed by atoms with Crippen LogP contribution >= 0.6 is 41.6 Å². The summed E-state index contributed by atoms with van der Waals surface area (Å²) in [4.78, 5) is 0. The Morgan fingerprint density at radius 2 is 1.64 bits per heavy atom. The smallest absolute Gasteiger partial charge is 0.371 e. The number of hydrogen-bond acceptors (Lipinski definition) is 8. The summed E-state index contributed by atoms with van der Waals surface area (Å²) in [6, 6.07) is 22.8. The van der Waals surface area contributed by atoms with Crippen LogP contribution in [0.15, 0.2) is 60.7 Å². The first-order chi connectivity index (χ1) is 16.1. The predicted molar refractivity (Wildman–Crippen MR) is 154 cm³/mol. The minimum atomic E-state index is -2.41. The first kappa shape index (κ1) is 29.3. The molecule has 4 nitrogen and oxygen atoms in total. The maximum atomic E-state index is 6.32. The SMILES string of the molecule is CO[Si](CCC[Si](OCCC(C)OCCc1ccccc1)SSSS)(OC)c1ccccc1. The molecule has 0 heterocycles. The van der Waals surface area contributed by atoms with E-state index < -0.39 is 16.8 Å². The Hall–Kier alpha value is 0.114. The van der Waals surface area contributed by atoms with E-state index in [9.17, 15) is 0 Å². The second kappa shape index (κ2) is 17.5. The number of thiol groups is 1. The molecule has 0 amide bonds. The van der Waals surface area contributed by atoms with Gasteiger partial charge in [-0.2, -0.15) is 0 Å². The lowest BCUT2D eigenvalue weighted by molar-refractivity contribution is 0.0527. The monoisotopic (exact) mass is 559 g/mol. The van der Waals surface area contributed by atoms with Crippen molar-refractivity contribution in [1.29, 1.82) is 0 Å². The van der Waals surface area contributed by atoms with Crippen LogP contribution in [0.3, 0.4) is 0 Å². The Bertz CT molecular complexity index is 742. The van der Waals surface area contributed by atoms with E-state index in [0.29, 0.717) is 0 Å². The summed E-state index contributed by atoms with van der Waals surface area (Å²) in [6.07, 6.45) is 3.05. The van der Waals surface area contributed by atoms with Gasteiger partial charge < -0.3 is 18.0 Å². The Balaban J connectivity index is 1.74. The Kier molecular flexibility index (Phi) is 15.6. The molecule has 183 valence electrons. The van der Waals surface area contributed by atoms with E-state index in [1.165, 1.54) is 20.6 Å². The molecule has 0 aliphatic rings. The lowest BCUT2D eigenvalue weighted by Crippen LogP contribution is -2.52. The molecule has 0 saturated carbocycles. The van der Waals surface area contributed by atoms with E-state index in [4.69, 9.17) is 18.0 Å². The number of hydrogen-bond donors (Lipinski definition) is 1. The lowest BCUT2D eigenvalue weighted by atomic mass is 10.2. The average molecular weight is 560 g/mol. The molecule has 2 aromatic carbocycles. The average Bonchev–Trinajstić information content (AvgIpc) is 2.86. The number of rotatable bonds is 18. The Morgan fingerprint density at radius 1 is 0.970 bits per heavy atom. The molecule has 0 saturated heterocycles. The van der Waals surface area contributed by atoms with Crippen molar-refractivity contribution in [3.05, 3.63) is 66.2 Å². The van der Waals surface area contributed by atoms with E-state index in [1.807, 2.05) is 34.5 Å². The zero-order valence-electron chi connectivity index (χ0n) is 19.6. The minimum absolute atomic E-state index is 0.189. The van der Waals surface area contributed by atoms with Crippen molar-refractivity contribution >= 4 is 63.5 Å². The fourth-order valence-corrected chi connectivity index (χ4v) is 16.6. The van der Waals surface area contributed by atoms with Crippen molar-refractivity contribution < 1.29 is 18.0 Å². The standard InChI is InChI=1S/C23H35O4S4Si2/c1-21(26-17-16-22-11-6-4-7-12-22)15-18-27-32(31-30-29-28)19-10-20-33(24-2,25-3)23-13-8-5-9-14-23/h4-9,11-14,21,28H,10,15-20H2,1-3H3. The largest absolute Gasteiger partial charge is 0.406 e. The second-order valence-corrected chi connectivity index (χ2v) is 19.7. The van der Waals surface area contributed by atoms with Gasteiger partial charge in [0, 0.05) is 20.8 Å². The predicted octanol–water partition coefficient (Wildman–Crippen LogP) is 6.44. The molecule has 0 N–H and O–H groups in total. The Labute approximate surface area is 218 Å². The molecule has 33 heavy (non-hydrogen) atoms. The van der Waals surface area contributed by atoms with Gasteiger partial charge in [-0.1, -0.05) is 89.0 Å². The van der Waals surface area contributed by atoms with E-state index in [-0.39, 0.29) is 6.10 Å². The van der Waals surface area contributed by atoms with Crippen molar-refractivity contribution in [3.63, 3.8) is 0 Å². The van der Waals surface area contributed by atoms with Crippen LogP contribution in [-0.2, 0) is 24.4 Å². The van der Waals surface area contributed by atoms with Crippen LogP contribution in [0, 0.1) is 0 Å². The zero-order valence-corrected chi connectivity index (χ0v) is 24.9. The summed E-state index contributed by atoms with van der Waals surface area (Å²) in [5.74, 6) is 0. The highest BCUT2D eigenvalue weighted by Crippen LogP contribution is 2.40. The van der Waals surface area contributed by atoms with E-state index in [2.05, 4.69) is 55.0 Å². The normalized spacial score (nSPS) is 12.9. The molecule has 2 aromatic rings. The van der Waals surface area contributed by atoms with Crippen LogP contribution in [0.2, 0.25) is 12.1 Å². The molecule has 1 unspecified atom stereocenters. The van der Waals surface area contributed by atoms with E-state index in [0.717, 1.165) is 44.6 Å². The molecule has 1 radical (unpaired) electrons. The van der Waals surface area contributed by atoms with Gasteiger partial charge in [-0.3, -0.25) is 0 Å². The highest BCUT2D eigenvalue weighted by Gasteiger charge is 2.37. The third-order valence-corrected chi connectivity index (χ3v) is 18.7. The molecule has 0 spiro atoms. The van der Waals surface area contributed by atoms with E-state index in [1.54, 1.807) is 24.0 Å². The highest BCUT2D eigenvalue weighted by molar-refractivity contribution is 9.26. The van der Waals surface area contributed by atoms with Gasteiger partial charge in [0.15, 0.2) is 0 Å². The van der Waals surface area contributed by atoms with Crippen LogP contribution < -0.4 is 5.19 Å². The maximum Gasteiger partial charge on any atom is 0.371 e. The molecule has 10 heteroatoms. The zero-order chi connectivity index (χ0) is 23.8. The molecule has 0 fully saturated rings. The summed E-state index contributed by atoms with van der Waals surface area (Å²) in [5.41, 5.74) is 1.31. The lowest BCUT2D eigenvalue weighted by Gasteiger charge is -2.28. The van der Waals surface area contributed by atoms with Crippen molar-refractivity contribution in [1.82, 2.24) is 0 Å². The molecule has 0 aliphatic heterocycles. The third-order valence-electron chi connectivity index (χ3n) is 5.34. The first-order valence-corrected chi connectivity index (χ1v) is 20.0. The fourth-order valence-electron chi connectivity index (χ4n) is 3.46. The van der Waals surface area contributed by atoms with Gasteiger partial charge in [-0.15, -0.1) is 0 Å². The van der Waals surface area contributed by atoms with Gasteiger partial charge >= 0.3 is 8.56 Å². The summed E-state index contributed by atoms with van der Waals surface area (Å²) >= 11 is 4.27. The number of ether oxygens (including phenoxy) is 1. The van der Waals surface area contributed by atoms with Gasteiger partial charge in [-0.25, -0.2) is 0 Å². The summed E-state index contributed by atoms with van der Waals surface area (Å²) in [5, 5.41) is 1.18. The van der Waals surface area contributed by atoms with Gasteiger partial charge in [-0.05, 0) is 62.3 Å². The molecule has 1 atom stereocenters. The van der Waals surface area contributed by atoms with Crippen LogP contribution in [0.5, 0.6) is 0 Å². The van der Waals surface area contributed by atoms with Crippen LogP contribution in [0.4, 0.5) is 0 Å². The van der Waals surface area contributed by atoms with Crippen molar-refractivity contribution in [2.45, 2.75) is 44.4 Å². The van der Waals surface area contributed by atoms with Crippen LogP contribution in [0.25, 0.3) is 0 Å². The molecule has 0 aliphatic carbocycles. The quantitative estimate of drug-likeness (QED) is 0.128. The maximum absolute atomic E-state index is 6.32. The Morgan fingerprint density at radius 3 is 2.27 bits per heavy atom. The molecule has 0 bridgehead atoms. The summed E-state index contributed by atoms with van der Waals surface area (Å²) in [6.45, 7) is 3.59. The summed E-state index contributed by atoms with van der Waals surface area (Å²) in [7, 11) is 5.11. The van der Waals surface area contributed by atoms with Gasteiger partial charge in [0.25, 0.3) is 8.19 Å². The minimum Gasteiger partial charge on any atom is -0.406 e. The molecular weight excluding hydrogens is 525 g/mol. The van der Waals surface area contributed by atoms with E-state index >= 15 is 0 Å². The van der Waals surface area contributed by atoms with Crippen LogP contribution in [-0.4, -0.2) is 50.3 Å². The molecule has 2 rings (SSSR count).